The molecular weight excluding hydrogens is 335 g/mol. The number of rotatable bonds is 5. The highest BCUT2D eigenvalue weighted by Crippen LogP contribution is 2.20. The number of nitrogens with zero attached hydrogens (tertiary/aromatic N) is 3. The average Bonchev–Trinajstić information content (AvgIpc) is 3.03. The van der Waals surface area contributed by atoms with Crippen molar-refractivity contribution in [2.75, 3.05) is 18.0 Å². The minimum atomic E-state index is -0.471. The molecule has 0 bridgehead atoms. The van der Waals surface area contributed by atoms with Crippen LogP contribution in [0.2, 0.25) is 0 Å². The molecule has 8 heteroatoms. The fraction of sp³-hybridized carbons (Fsp3) is 0.312. The minimum Gasteiger partial charge on any atom is -0.369 e. The molecule has 1 aromatic carbocycles. The molecule has 1 aliphatic rings. The van der Waals surface area contributed by atoms with Crippen LogP contribution in [0.1, 0.15) is 12.0 Å². The Morgan fingerprint density at radius 1 is 1.29 bits per heavy atom. The second-order valence-corrected chi connectivity index (χ2v) is 5.58. The van der Waals surface area contributed by atoms with Crippen molar-refractivity contribution in [3.8, 4) is 0 Å². The van der Waals surface area contributed by atoms with Gasteiger partial charge in [-0.05, 0) is 24.1 Å². The van der Waals surface area contributed by atoms with Gasteiger partial charge in [0.25, 0.3) is 5.69 Å². The lowest BCUT2D eigenvalue weighted by atomic mass is 10.2. The first kappa shape index (κ1) is 18.1. The van der Waals surface area contributed by atoms with Gasteiger partial charge in [0, 0.05) is 37.8 Å². The Balaban J connectivity index is 0.00000208. The fourth-order valence-corrected chi connectivity index (χ4v) is 2.71. The molecule has 1 N–H and O–H groups in total. The van der Waals surface area contributed by atoms with E-state index >= 15 is 0 Å². The third-order valence-corrected chi connectivity index (χ3v) is 4.01. The van der Waals surface area contributed by atoms with Crippen molar-refractivity contribution in [3.05, 3.63) is 64.2 Å². The van der Waals surface area contributed by atoms with Gasteiger partial charge in [-0.3, -0.25) is 10.1 Å². The van der Waals surface area contributed by atoms with Crippen molar-refractivity contribution in [3.63, 3.8) is 0 Å². The van der Waals surface area contributed by atoms with Crippen LogP contribution in [0.25, 0.3) is 0 Å². The van der Waals surface area contributed by atoms with Crippen LogP contribution in [0.3, 0.4) is 0 Å². The Bertz CT molecular complexity index is 681. The maximum Gasteiger partial charge on any atom is 0.269 e. The van der Waals surface area contributed by atoms with Crippen molar-refractivity contribution < 1.29 is 9.31 Å². The zero-order valence-corrected chi connectivity index (χ0v) is 13.7. The number of halogens is 2. The lowest BCUT2D eigenvalue weighted by Crippen LogP contribution is -2.32. The molecule has 1 aliphatic heterocycles. The van der Waals surface area contributed by atoms with Crippen LogP contribution in [0, 0.1) is 16.1 Å². The van der Waals surface area contributed by atoms with E-state index in [1.807, 2.05) is 0 Å². The van der Waals surface area contributed by atoms with Crippen LogP contribution in [0.15, 0.2) is 42.6 Å². The quantitative estimate of drug-likeness (QED) is 0.509. The molecule has 2 aromatic rings. The molecule has 1 aromatic heterocycles. The highest BCUT2D eigenvalue weighted by atomic mass is 35.5. The molecule has 1 fully saturated rings. The van der Waals surface area contributed by atoms with Crippen LogP contribution in [0.4, 0.5) is 15.8 Å². The molecule has 0 aliphatic carbocycles. The van der Waals surface area contributed by atoms with Crippen LogP contribution in [-0.2, 0) is 6.54 Å². The number of anilines is 1. The molecule has 0 amide bonds. The van der Waals surface area contributed by atoms with E-state index in [-0.39, 0.29) is 18.1 Å². The van der Waals surface area contributed by atoms with E-state index in [0.29, 0.717) is 12.6 Å². The van der Waals surface area contributed by atoms with E-state index in [0.717, 1.165) is 30.8 Å². The van der Waals surface area contributed by atoms with Gasteiger partial charge in [-0.2, -0.15) is 4.39 Å². The van der Waals surface area contributed by atoms with Crippen molar-refractivity contribution in [1.82, 2.24) is 10.3 Å². The summed E-state index contributed by atoms with van der Waals surface area (Å²) in [5.74, 6) is -0.471. The Morgan fingerprint density at radius 3 is 2.67 bits per heavy atom. The number of non-ortho nitro benzene ring substituents is 1. The second-order valence-electron chi connectivity index (χ2n) is 5.58. The highest BCUT2D eigenvalue weighted by Gasteiger charge is 2.22. The first-order valence-electron chi connectivity index (χ1n) is 7.45. The predicted molar refractivity (Wildman–Crippen MR) is 92.0 cm³/mol. The Hall–Kier alpha value is -2.25. The highest BCUT2D eigenvalue weighted by molar-refractivity contribution is 5.85. The minimum absolute atomic E-state index is 0. The van der Waals surface area contributed by atoms with Gasteiger partial charge in [0.05, 0.1) is 16.8 Å². The van der Waals surface area contributed by atoms with Crippen molar-refractivity contribution in [2.24, 2.45) is 0 Å². The van der Waals surface area contributed by atoms with Gasteiger partial charge >= 0.3 is 0 Å². The van der Waals surface area contributed by atoms with Gasteiger partial charge in [-0.1, -0.05) is 12.1 Å². The number of nitrogens with one attached hydrogen (secondary N) is 1. The number of nitro benzene ring substituents is 1. The molecular formula is C16H18ClFN4O2. The lowest BCUT2D eigenvalue weighted by molar-refractivity contribution is -0.384. The van der Waals surface area contributed by atoms with Gasteiger partial charge in [0.15, 0.2) is 0 Å². The van der Waals surface area contributed by atoms with E-state index in [1.165, 1.54) is 18.2 Å². The molecule has 1 unspecified atom stereocenters. The number of hydrogen-bond donors (Lipinski definition) is 1. The monoisotopic (exact) mass is 352 g/mol. The summed E-state index contributed by atoms with van der Waals surface area (Å²) in [6.07, 6.45) is 2.54. The molecule has 1 saturated heterocycles. The van der Waals surface area contributed by atoms with Crippen LogP contribution >= 0.6 is 12.4 Å². The maximum atomic E-state index is 12.9. The van der Waals surface area contributed by atoms with Gasteiger partial charge in [-0.15, -0.1) is 12.4 Å². The average molecular weight is 353 g/mol. The lowest BCUT2D eigenvalue weighted by Gasteiger charge is -2.18. The third kappa shape index (κ3) is 4.39. The smallest absolute Gasteiger partial charge is 0.269 e. The van der Waals surface area contributed by atoms with Crippen molar-refractivity contribution in [2.45, 2.75) is 19.0 Å². The van der Waals surface area contributed by atoms with Gasteiger partial charge < -0.3 is 10.2 Å². The predicted octanol–water partition coefficient (Wildman–Crippen LogP) is 2.92. The first-order chi connectivity index (χ1) is 11.1. The summed E-state index contributed by atoms with van der Waals surface area (Å²) >= 11 is 0. The zero-order chi connectivity index (χ0) is 16.2. The van der Waals surface area contributed by atoms with E-state index < -0.39 is 10.9 Å². The fourth-order valence-electron chi connectivity index (χ4n) is 2.71. The van der Waals surface area contributed by atoms with E-state index in [4.69, 9.17) is 0 Å². The number of aromatic nitrogens is 1. The second kappa shape index (κ2) is 8.03. The first-order valence-corrected chi connectivity index (χ1v) is 7.45. The molecule has 24 heavy (non-hydrogen) atoms. The molecule has 6 nitrogen and oxygen atoms in total. The maximum absolute atomic E-state index is 12.9. The van der Waals surface area contributed by atoms with Gasteiger partial charge in [-0.25, -0.2) is 4.98 Å². The van der Waals surface area contributed by atoms with E-state index in [1.54, 1.807) is 24.4 Å². The molecule has 128 valence electrons. The molecule has 0 spiro atoms. The Kier molecular flexibility index (Phi) is 6.05. The summed E-state index contributed by atoms with van der Waals surface area (Å²) in [4.78, 5) is 16.1. The number of benzene rings is 1. The van der Waals surface area contributed by atoms with E-state index in [2.05, 4.69) is 15.2 Å². The summed E-state index contributed by atoms with van der Waals surface area (Å²) in [5.41, 5.74) is 2.04. The zero-order valence-electron chi connectivity index (χ0n) is 12.9. The number of pyridine rings is 1. The van der Waals surface area contributed by atoms with Crippen molar-refractivity contribution >= 4 is 23.8 Å². The topological polar surface area (TPSA) is 71.3 Å². The normalized spacial score (nSPS) is 16.7. The summed E-state index contributed by atoms with van der Waals surface area (Å²) in [6.45, 7) is 2.39. The van der Waals surface area contributed by atoms with Crippen LogP contribution in [-0.4, -0.2) is 29.0 Å². The van der Waals surface area contributed by atoms with Crippen LogP contribution < -0.4 is 10.2 Å². The SMILES string of the molecule is Cl.O=[N+]([O-])c1ccc(CNC2CCN(c3ccc(F)nc3)C2)cc1. The number of nitro groups is 1. The summed E-state index contributed by atoms with van der Waals surface area (Å²) in [5, 5.41) is 14.1. The molecule has 3 rings (SSSR count). The largest absolute Gasteiger partial charge is 0.369 e. The van der Waals surface area contributed by atoms with Crippen molar-refractivity contribution in [1.29, 1.82) is 0 Å². The number of hydrogen-bond acceptors (Lipinski definition) is 5. The van der Waals surface area contributed by atoms with E-state index in [9.17, 15) is 14.5 Å². The summed E-state index contributed by atoms with van der Waals surface area (Å²) in [7, 11) is 0. The summed E-state index contributed by atoms with van der Waals surface area (Å²) < 4.78 is 12.9. The van der Waals surface area contributed by atoms with Gasteiger partial charge in [0.2, 0.25) is 5.95 Å². The summed E-state index contributed by atoms with van der Waals surface area (Å²) in [6, 6.07) is 10.00. The molecule has 0 radical (unpaired) electrons. The molecule has 2 heterocycles. The van der Waals surface area contributed by atoms with Crippen LogP contribution in [0.5, 0.6) is 0 Å². The Morgan fingerprint density at radius 2 is 2.04 bits per heavy atom. The molecule has 1 atom stereocenters. The van der Waals surface area contributed by atoms with Gasteiger partial charge in [0.1, 0.15) is 0 Å². The standard InChI is InChI=1S/C16H17FN4O2.ClH/c17-16-6-5-15(10-19-16)20-8-7-13(11-20)18-9-12-1-3-14(4-2-12)21(22)23;/h1-6,10,13,18H,7-9,11H2;1H. The Labute approximate surface area is 145 Å². The third-order valence-electron chi connectivity index (χ3n) is 4.01. The molecule has 0 saturated carbocycles.